The summed E-state index contributed by atoms with van der Waals surface area (Å²) in [5.74, 6) is 1.21. The summed E-state index contributed by atoms with van der Waals surface area (Å²) in [7, 11) is -1.80. The summed E-state index contributed by atoms with van der Waals surface area (Å²) in [4.78, 5) is 64.6. The number of benzene rings is 3. The van der Waals surface area contributed by atoms with Gasteiger partial charge >= 0.3 is 19.2 Å². The number of H-pyrrole nitrogens is 2. The van der Waals surface area contributed by atoms with Gasteiger partial charge < -0.3 is 28.9 Å². The molecule has 0 saturated carbocycles. The van der Waals surface area contributed by atoms with Crippen molar-refractivity contribution in [2.45, 2.75) is 44.3 Å². The van der Waals surface area contributed by atoms with Gasteiger partial charge in [0.05, 0.1) is 40.1 Å². The van der Waals surface area contributed by atoms with Crippen LogP contribution in [0.5, 0.6) is 11.5 Å². The van der Waals surface area contributed by atoms with Gasteiger partial charge in [0.15, 0.2) is 0 Å². The minimum atomic E-state index is -4.91. The highest BCUT2D eigenvalue weighted by atomic mass is 31.2. The summed E-state index contributed by atoms with van der Waals surface area (Å²) < 4.78 is 49.8. The predicted molar refractivity (Wildman–Crippen MR) is 211 cm³/mol. The van der Waals surface area contributed by atoms with Crippen LogP contribution < -0.4 is 32.0 Å². The molecule has 1 fully saturated rings. The van der Waals surface area contributed by atoms with Gasteiger partial charge in [0.25, 0.3) is 11.1 Å². The van der Waals surface area contributed by atoms with E-state index in [0.29, 0.717) is 28.2 Å². The number of hydrogen-bond acceptors (Lipinski definition) is 12. The number of nitrogens with one attached hydrogen (secondary N) is 2. The normalized spacial score (nSPS) is 18.2. The van der Waals surface area contributed by atoms with Crippen LogP contribution in [0.25, 0.3) is 6.20 Å². The van der Waals surface area contributed by atoms with E-state index in [2.05, 4.69) is 9.97 Å². The molecule has 306 valence electrons. The van der Waals surface area contributed by atoms with Crippen LogP contribution in [-0.2, 0) is 28.7 Å². The Bertz CT molecular complexity index is 2480. The number of aliphatic hydroxyl groups excluding tert-OH is 1. The van der Waals surface area contributed by atoms with Gasteiger partial charge in [-0.25, -0.2) is 14.2 Å². The third-order valence-electron chi connectivity index (χ3n) is 9.59. The number of methoxy groups -OCH3 is 2. The van der Waals surface area contributed by atoms with Gasteiger partial charge in [-0.3, -0.25) is 37.7 Å². The van der Waals surface area contributed by atoms with E-state index in [1.807, 2.05) is 54.6 Å². The molecule has 0 amide bonds. The SMILES string of the molecule is COc1ccc(C(OC/C(=C\n2cc(C)c(=O)[nH]c2=O)COP(=O)(O)OC[C@H]2O[C@@H](n3cc(C)c(=O)[nH]c3=O)C[C@@H]2O)(c2ccccc2)c2ccc(OC)cc2)cc1. The Morgan fingerprint density at radius 3 is 1.95 bits per heavy atom. The van der Waals surface area contributed by atoms with Crippen molar-refractivity contribution in [1.82, 2.24) is 19.1 Å². The maximum atomic E-state index is 13.3. The van der Waals surface area contributed by atoms with Gasteiger partial charge in [-0.15, -0.1) is 0 Å². The highest BCUT2D eigenvalue weighted by Gasteiger charge is 2.40. The van der Waals surface area contributed by atoms with Crippen LogP contribution in [0, 0.1) is 13.8 Å². The minimum absolute atomic E-state index is 0.0703. The van der Waals surface area contributed by atoms with Gasteiger partial charge in [-0.05, 0) is 60.4 Å². The van der Waals surface area contributed by atoms with E-state index in [9.17, 15) is 33.7 Å². The Morgan fingerprint density at radius 2 is 1.36 bits per heavy atom. The van der Waals surface area contributed by atoms with Crippen LogP contribution in [0.1, 0.15) is 40.5 Å². The van der Waals surface area contributed by atoms with E-state index in [-0.39, 0.29) is 29.7 Å². The number of phosphoric acid groups is 1. The maximum absolute atomic E-state index is 13.3. The first-order chi connectivity index (χ1) is 27.7. The summed E-state index contributed by atoms with van der Waals surface area (Å²) in [6.45, 7) is 1.48. The molecule has 6 rings (SSSR count). The fourth-order valence-electron chi connectivity index (χ4n) is 6.48. The first kappa shape index (κ1) is 42.0. The van der Waals surface area contributed by atoms with Crippen LogP contribution in [0.15, 0.2) is 116 Å². The quantitative estimate of drug-likeness (QED) is 0.0830. The maximum Gasteiger partial charge on any atom is 0.472 e. The lowest BCUT2D eigenvalue weighted by Gasteiger charge is -2.36. The number of aliphatic hydroxyl groups is 1. The Kier molecular flexibility index (Phi) is 12.9. The van der Waals surface area contributed by atoms with E-state index in [0.717, 1.165) is 9.13 Å². The van der Waals surface area contributed by atoms with Crippen molar-refractivity contribution in [1.29, 1.82) is 0 Å². The second kappa shape index (κ2) is 17.9. The van der Waals surface area contributed by atoms with Gasteiger partial charge in [0, 0.05) is 36.1 Å². The molecular formula is C40H43N4O13P. The summed E-state index contributed by atoms with van der Waals surface area (Å²) >= 11 is 0. The molecule has 17 nitrogen and oxygen atoms in total. The van der Waals surface area contributed by atoms with E-state index >= 15 is 0 Å². The first-order valence-corrected chi connectivity index (χ1v) is 19.5. The van der Waals surface area contributed by atoms with Crippen molar-refractivity contribution < 1.29 is 42.6 Å². The van der Waals surface area contributed by atoms with Crippen molar-refractivity contribution in [2.75, 3.05) is 34.0 Å². The summed E-state index contributed by atoms with van der Waals surface area (Å²) in [5.41, 5.74) is -1.30. The minimum Gasteiger partial charge on any atom is -0.497 e. The van der Waals surface area contributed by atoms with Crippen molar-refractivity contribution in [3.8, 4) is 11.5 Å². The molecular weight excluding hydrogens is 775 g/mol. The topological polar surface area (TPSA) is 223 Å². The molecule has 0 spiro atoms. The molecule has 58 heavy (non-hydrogen) atoms. The van der Waals surface area contributed by atoms with Crippen LogP contribution in [0.3, 0.4) is 0 Å². The van der Waals surface area contributed by atoms with Crippen molar-refractivity contribution in [3.05, 3.63) is 166 Å². The number of phosphoric ester groups is 1. The molecule has 5 aromatic rings. The number of rotatable bonds is 16. The number of hydrogen-bond donors (Lipinski definition) is 4. The second-order valence-corrected chi connectivity index (χ2v) is 15.0. The molecule has 0 aliphatic carbocycles. The molecule has 1 aliphatic heterocycles. The number of aromatic nitrogens is 4. The van der Waals surface area contributed by atoms with Crippen molar-refractivity contribution in [2.24, 2.45) is 0 Å². The Hall–Kier alpha value is -5.65. The van der Waals surface area contributed by atoms with Crippen LogP contribution in [0.2, 0.25) is 0 Å². The molecule has 1 saturated heterocycles. The second-order valence-electron chi connectivity index (χ2n) is 13.5. The lowest BCUT2D eigenvalue weighted by Crippen LogP contribution is -2.34. The third-order valence-corrected chi connectivity index (χ3v) is 10.5. The molecule has 0 radical (unpaired) electrons. The molecule has 3 aromatic carbocycles. The number of aryl methyl sites for hydroxylation is 2. The van der Waals surface area contributed by atoms with Crippen LogP contribution in [-0.4, -0.2) is 75.4 Å². The van der Waals surface area contributed by atoms with Gasteiger partial charge in [-0.1, -0.05) is 54.6 Å². The van der Waals surface area contributed by atoms with Crippen molar-refractivity contribution >= 4 is 14.0 Å². The third kappa shape index (κ3) is 9.38. The lowest BCUT2D eigenvalue weighted by atomic mass is 9.80. The smallest absolute Gasteiger partial charge is 0.472 e. The zero-order chi connectivity index (χ0) is 41.6. The Balaban J connectivity index is 1.30. The standard InChI is InChI=1S/C40H43N4O13P/c1-25-19-43(38(48)41-36(25)46)21-27(23-55-58(50,51)56-24-34-33(45)18-35(57-34)44-20-26(2)37(47)42-39(44)49)22-54-40(28-8-6-5-7-9-28,29-10-14-31(52-3)15-11-29)30-12-16-32(53-4)17-13-30/h5-17,19-21,33-35,45H,18,22-24H2,1-4H3,(H,50,51)(H,41,46,48)(H,42,47,49)/b27-21+/t33-,34+,35+/m0/s1. The fraction of sp³-hybridized carbons (Fsp3) is 0.300. The molecule has 4 N–H and O–H groups in total. The lowest BCUT2D eigenvalue weighted by molar-refractivity contribution is -0.0464. The molecule has 0 bridgehead atoms. The van der Waals surface area contributed by atoms with E-state index in [1.54, 1.807) is 38.5 Å². The molecule has 1 unspecified atom stereocenters. The average Bonchev–Trinajstić information content (AvgIpc) is 3.60. The molecule has 1 aliphatic rings. The molecule has 18 heteroatoms. The molecule has 4 atom stereocenters. The number of aromatic amines is 2. The number of nitrogens with zero attached hydrogens (tertiary/aromatic N) is 2. The van der Waals surface area contributed by atoms with Crippen molar-refractivity contribution in [3.63, 3.8) is 0 Å². The Labute approximate surface area is 331 Å². The van der Waals surface area contributed by atoms with E-state index in [4.69, 9.17) is 28.0 Å². The molecule has 2 aromatic heterocycles. The predicted octanol–water partition coefficient (Wildman–Crippen LogP) is 3.35. The molecule has 3 heterocycles. The van der Waals surface area contributed by atoms with Gasteiger partial charge in [0.1, 0.15) is 29.4 Å². The van der Waals surface area contributed by atoms with Crippen LogP contribution in [0.4, 0.5) is 0 Å². The van der Waals surface area contributed by atoms with Gasteiger partial charge in [0.2, 0.25) is 0 Å². The Morgan fingerprint density at radius 1 is 0.810 bits per heavy atom. The van der Waals surface area contributed by atoms with Gasteiger partial charge in [-0.2, -0.15) is 0 Å². The fourth-order valence-corrected chi connectivity index (χ4v) is 7.21. The first-order valence-electron chi connectivity index (χ1n) is 18.0. The summed E-state index contributed by atoms with van der Waals surface area (Å²) in [6.07, 6.45) is 0.513. The summed E-state index contributed by atoms with van der Waals surface area (Å²) in [6, 6.07) is 23.9. The van der Waals surface area contributed by atoms with E-state index < -0.39 is 67.6 Å². The average molecular weight is 819 g/mol. The van der Waals surface area contributed by atoms with Crippen LogP contribution >= 0.6 is 7.82 Å². The highest BCUT2D eigenvalue weighted by Crippen LogP contribution is 2.46. The largest absolute Gasteiger partial charge is 0.497 e. The monoisotopic (exact) mass is 818 g/mol. The summed E-state index contributed by atoms with van der Waals surface area (Å²) in [5, 5.41) is 10.7. The number of ether oxygens (including phenoxy) is 4. The highest BCUT2D eigenvalue weighted by molar-refractivity contribution is 7.47. The zero-order valence-electron chi connectivity index (χ0n) is 32.0. The van der Waals surface area contributed by atoms with E-state index in [1.165, 1.54) is 32.4 Å². The zero-order valence-corrected chi connectivity index (χ0v) is 32.9.